The summed E-state index contributed by atoms with van der Waals surface area (Å²) in [6.07, 6.45) is 4.19. The Bertz CT molecular complexity index is 172. The maximum absolute atomic E-state index is 5.57. The third-order valence-electron chi connectivity index (χ3n) is 2.76. The number of alkyl halides is 1. The van der Waals surface area contributed by atoms with Gasteiger partial charge in [-0.05, 0) is 13.8 Å². The number of piperazine rings is 1. The molecular formula is C11H21ClN2. The van der Waals surface area contributed by atoms with E-state index >= 15 is 0 Å². The molecular weight excluding hydrogens is 196 g/mol. The van der Waals surface area contributed by atoms with E-state index < -0.39 is 0 Å². The number of nitrogens with zero attached hydrogens (tertiary/aromatic N) is 2. The first-order valence-corrected chi connectivity index (χ1v) is 5.95. The van der Waals surface area contributed by atoms with E-state index in [-0.39, 0.29) is 0 Å². The molecule has 0 amide bonds. The molecule has 14 heavy (non-hydrogen) atoms. The summed E-state index contributed by atoms with van der Waals surface area (Å²) in [7, 11) is 0. The summed E-state index contributed by atoms with van der Waals surface area (Å²) < 4.78 is 0. The molecule has 0 N–H and O–H groups in total. The predicted molar refractivity (Wildman–Crippen MR) is 63.0 cm³/mol. The van der Waals surface area contributed by atoms with Crippen molar-refractivity contribution in [3.8, 4) is 0 Å². The minimum atomic E-state index is 0.631. The lowest BCUT2D eigenvalue weighted by molar-refractivity contribution is 0.117. The zero-order valence-corrected chi connectivity index (χ0v) is 10.0. The number of halogens is 1. The Morgan fingerprint density at radius 2 is 1.79 bits per heavy atom. The molecule has 0 atom stereocenters. The molecule has 0 unspecified atom stereocenters. The average Bonchev–Trinajstić information content (AvgIpc) is 2.19. The van der Waals surface area contributed by atoms with Crippen LogP contribution in [0, 0.1) is 0 Å². The van der Waals surface area contributed by atoms with Gasteiger partial charge in [0, 0.05) is 44.6 Å². The van der Waals surface area contributed by atoms with E-state index in [9.17, 15) is 0 Å². The van der Waals surface area contributed by atoms with Crippen LogP contribution in [0.25, 0.3) is 0 Å². The Morgan fingerprint density at radius 1 is 1.14 bits per heavy atom. The summed E-state index contributed by atoms with van der Waals surface area (Å²) in [6.45, 7) is 10.4. The molecule has 1 heterocycles. The minimum Gasteiger partial charge on any atom is -0.298 e. The summed E-state index contributed by atoms with van der Waals surface area (Å²) in [6, 6.07) is 0.690. The van der Waals surface area contributed by atoms with E-state index in [0.717, 1.165) is 6.54 Å². The van der Waals surface area contributed by atoms with Crippen molar-refractivity contribution >= 4 is 11.6 Å². The Balaban J connectivity index is 2.19. The van der Waals surface area contributed by atoms with E-state index in [1.807, 2.05) is 6.08 Å². The maximum Gasteiger partial charge on any atom is 0.0404 e. The van der Waals surface area contributed by atoms with Gasteiger partial charge in [-0.25, -0.2) is 0 Å². The van der Waals surface area contributed by atoms with Gasteiger partial charge in [0.05, 0.1) is 0 Å². The van der Waals surface area contributed by atoms with Crippen molar-refractivity contribution in [1.82, 2.24) is 9.80 Å². The summed E-state index contributed by atoms with van der Waals surface area (Å²) in [5.41, 5.74) is 0. The molecule has 1 fully saturated rings. The first kappa shape index (κ1) is 12.0. The highest BCUT2D eigenvalue weighted by atomic mass is 35.5. The molecule has 3 heteroatoms. The lowest BCUT2D eigenvalue weighted by Crippen LogP contribution is -2.48. The van der Waals surface area contributed by atoms with Gasteiger partial charge < -0.3 is 0 Å². The largest absolute Gasteiger partial charge is 0.298 e. The van der Waals surface area contributed by atoms with Crippen molar-refractivity contribution in [2.75, 3.05) is 38.6 Å². The molecule has 1 saturated heterocycles. The molecule has 2 nitrogen and oxygen atoms in total. The van der Waals surface area contributed by atoms with E-state index in [4.69, 9.17) is 11.6 Å². The van der Waals surface area contributed by atoms with Gasteiger partial charge in [-0.2, -0.15) is 0 Å². The van der Waals surface area contributed by atoms with Crippen LogP contribution in [-0.4, -0.2) is 54.4 Å². The summed E-state index contributed by atoms with van der Waals surface area (Å²) in [5, 5.41) is 0. The smallest absolute Gasteiger partial charge is 0.0404 e. The molecule has 0 aromatic rings. The van der Waals surface area contributed by atoms with Gasteiger partial charge in [0.2, 0.25) is 0 Å². The van der Waals surface area contributed by atoms with Crippen LogP contribution in [0.5, 0.6) is 0 Å². The number of rotatable bonds is 4. The summed E-state index contributed by atoms with van der Waals surface area (Å²) >= 11 is 5.57. The third-order valence-corrected chi connectivity index (χ3v) is 2.93. The Kier molecular flexibility index (Phi) is 5.53. The fourth-order valence-corrected chi connectivity index (χ4v) is 1.87. The van der Waals surface area contributed by atoms with Gasteiger partial charge in [-0.1, -0.05) is 12.2 Å². The molecule has 0 radical (unpaired) electrons. The molecule has 1 aliphatic heterocycles. The highest BCUT2D eigenvalue weighted by Gasteiger charge is 2.17. The highest BCUT2D eigenvalue weighted by Crippen LogP contribution is 2.05. The average molecular weight is 217 g/mol. The lowest BCUT2D eigenvalue weighted by Gasteiger charge is -2.36. The van der Waals surface area contributed by atoms with Crippen LogP contribution in [0.3, 0.4) is 0 Å². The fraction of sp³-hybridized carbons (Fsp3) is 0.818. The SMILES string of the molecule is CC(C)N1CCN(CC=CCCl)CC1. The van der Waals surface area contributed by atoms with Gasteiger partial charge in [0.15, 0.2) is 0 Å². The molecule has 0 aromatic carbocycles. The second-order valence-electron chi connectivity index (χ2n) is 4.06. The monoisotopic (exact) mass is 216 g/mol. The molecule has 0 bridgehead atoms. The Hall–Kier alpha value is -0.0500. The molecule has 0 aromatic heterocycles. The molecule has 0 aliphatic carbocycles. The Morgan fingerprint density at radius 3 is 2.29 bits per heavy atom. The predicted octanol–water partition coefficient (Wildman–Crippen LogP) is 1.81. The summed E-state index contributed by atoms with van der Waals surface area (Å²) in [5.74, 6) is 0.631. The van der Waals surface area contributed by atoms with Crippen molar-refractivity contribution in [3.63, 3.8) is 0 Å². The van der Waals surface area contributed by atoms with Gasteiger partial charge in [-0.3, -0.25) is 9.80 Å². The van der Waals surface area contributed by atoms with Crippen LogP contribution in [0.15, 0.2) is 12.2 Å². The molecule has 82 valence electrons. The van der Waals surface area contributed by atoms with Crippen LogP contribution in [0.2, 0.25) is 0 Å². The standard InChI is InChI=1S/C11H21ClN2/c1-11(2)14-9-7-13(8-10-14)6-4-3-5-12/h3-4,11H,5-10H2,1-2H3. The van der Waals surface area contributed by atoms with E-state index in [1.165, 1.54) is 26.2 Å². The van der Waals surface area contributed by atoms with Crippen LogP contribution < -0.4 is 0 Å². The molecule has 0 saturated carbocycles. The first-order valence-electron chi connectivity index (χ1n) is 5.41. The fourth-order valence-electron chi connectivity index (χ4n) is 1.75. The van der Waals surface area contributed by atoms with Gasteiger partial charge in [0.1, 0.15) is 0 Å². The second-order valence-corrected chi connectivity index (χ2v) is 4.36. The van der Waals surface area contributed by atoms with Crippen molar-refractivity contribution < 1.29 is 0 Å². The minimum absolute atomic E-state index is 0.631. The molecule has 1 rings (SSSR count). The van der Waals surface area contributed by atoms with Gasteiger partial charge in [0.25, 0.3) is 0 Å². The first-order chi connectivity index (χ1) is 6.74. The van der Waals surface area contributed by atoms with Crippen LogP contribution in [0.4, 0.5) is 0 Å². The highest BCUT2D eigenvalue weighted by molar-refractivity contribution is 6.18. The zero-order chi connectivity index (χ0) is 10.4. The normalized spacial score (nSPS) is 21.1. The summed E-state index contributed by atoms with van der Waals surface area (Å²) in [4.78, 5) is 5.00. The van der Waals surface area contributed by atoms with E-state index in [0.29, 0.717) is 11.9 Å². The number of hydrogen-bond donors (Lipinski definition) is 0. The number of hydrogen-bond acceptors (Lipinski definition) is 2. The zero-order valence-electron chi connectivity index (χ0n) is 9.25. The maximum atomic E-state index is 5.57. The van der Waals surface area contributed by atoms with Crippen LogP contribution in [-0.2, 0) is 0 Å². The van der Waals surface area contributed by atoms with E-state index in [2.05, 4.69) is 29.7 Å². The quantitative estimate of drug-likeness (QED) is 0.523. The lowest BCUT2D eigenvalue weighted by atomic mass is 10.2. The Labute approximate surface area is 92.5 Å². The molecule has 1 aliphatic rings. The van der Waals surface area contributed by atoms with E-state index in [1.54, 1.807) is 0 Å². The molecule has 0 spiro atoms. The van der Waals surface area contributed by atoms with Gasteiger partial charge in [-0.15, -0.1) is 11.6 Å². The second kappa shape index (κ2) is 6.44. The topological polar surface area (TPSA) is 6.48 Å². The van der Waals surface area contributed by atoms with Gasteiger partial charge >= 0.3 is 0 Å². The van der Waals surface area contributed by atoms with Crippen LogP contribution in [0.1, 0.15) is 13.8 Å². The van der Waals surface area contributed by atoms with Crippen molar-refractivity contribution in [3.05, 3.63) is 12.2 Å². The van der Waals surface area contributed by atoms with Crippen molar-refractivity contribution in [1.29, 1.82) is 0 Å². The van der Waals surface area contributed by atoms with Crippen molar-refractivity contribution in [2.45, 2.75) is 19.9 Å². The van der Waals surface area contributed by atoms with Crippen molar-refractivity contribution in [2.24, 2.45) is 0 Å². The number of allylic oxidation sites excluding steroid dienone is 1. The third kappa shape index (κ3) is 3.99. The van der Waals surface area contributed by atoms with Crippen LogP contribution >= 0.6 is 11.6 Å².